The maximum absolute atomic E-state index is 13.1. The molecule has 0 saturated heterocycles. The molecule has 3 aromatic carbocycles. The van der Waals surface area contributed by atoms with Gasteiger partial charge in [-0.3, -0.25) is 4.90 Å². The van der Waals surface area contributed by atoms with E-state index in [0.29, 0.717) is 5.56 Å². The largest absolute Gasteiger partial charge is 0.479 e. The third-order valence-electron chi connectivity index (χ3n) is 6.27. The monoisotopic (exact) mass is 429 g/mol. The second-order valence-corrected chi connectivity index (χ2v) is 8.14. The number of carboxylic acid groups (broad SMARTS) is 1. The number of rotatable bonds is 6. The van der Waals surface area contributed by atoms with Gasteiger partial charge in [0.15, 0.2) is 6.04 Å². The standard InChI is InChI=1S/C27H27NO4/c1-4-28(25(26(29)30)24-17(2)10-9-11-18(24)3)27(31)32-16-23-21-14-7-5-12-19(21)20-13-6-8-15-22(20)23/h5-15,23,25H,4,16H2,1-3H3,(H,29,30). The fourth-order valence-corrected chi connectivity index (χ4v) is 4.77. The predicted octanol–water partition coefficient (Wildman–Crippen LogP) is 5.70. The summed E-state index contributed by atoms with van der Waals surface area (Å²) < 4.78 is 5.75. The highest BCUT2D eigenvalue weighted by atomic mass is 16.6. The first-order chi connectivity index (χ1) is 15.4. The van der Waals surface area contributed by atoms with Crippen LogP contribution in [0, 0.1) is 13.8 Å². The molecule has 0 fully saturated rings. The van der Waals surface area contributed by atoms with Crippen molar-refractivity contribution in [3.63, 3.8) is 0 Å². The average molecular weight is 430 g/mol. The van der Waals surface area contributed by atoms with Crippen molar-refractivity contribution in [2.75, 3.05) is 13.2 Å². The molecule has 32 heavy (non-hydrogen) atoms. The second kappa shape index (κ2) is 8.87. The van der Waals surface area contributed by atoms with Crippen molar-refractivity contribution >= 4 is 12.1 Å². The van der Waals surface area contributed by atoms with E-state index in [-0.39, 0.29) is 19.1 Å². The molecule has 5 nitrogen and oxygen atoms in total. The van der Waals surface area contributed by atoms with Crippen molar-refractivity contribution in [3.8, 4) is 11.1 Å². The fourth-order valence-electron chi connectivity index (χ4n) is 4.77. The molecule has 5 heteroatoms. The molecule has 0 radical (unpaired) electrons. The van der Waals surface area contributed by atoms with E-state index in [1.165, 1.54) is 4.90 Å². The van der Waals surface area contributed by atoms with E-state index in [1.54, 1.807) is 6.92 Å². The minimum absolute atomic E-state index is 0.0754. The summed E-state index contributed by atoms with van der Waals surface area (Å²) in [6.07, 6.45) is -0.621. The van der Waals surface area contributed by atoms with Gasteiger partial charge >= 0.3 is 12.1 Å². The Kier molecular flexibility index (Phi) is 5.99. The molecular formula is C27H27NO4. The highest BCUT2D eigenvalue weighted by Gasteiger charge is 2.35. The predicted molar refractivity (Wildman–Crippen MR) is 124 cm³/mol. The smallest absolute Gasteiger partial charge is 0.410 e. The summed E-state index contributed by atoms with van der Waals surface area (Å²) in [6, 6.07) is 20.8. The van der Waals surface area contributed by atoms with Crippen LogP contribution < -0.4 is 0 Å². The van der Waals surface area contributed by atoms with E-state index in [0.717, 1.165) is 33.4 Å². The summed E-state index contributed by atoms with van der Waals surface area (Å²) in [7, 11) is 0. The minimum Gasteiger partial charge on any atom is -0.479 e. The number of fused-ring (bicyclic) bond motifs is 3. The third kappa shape index (κ3) is 3.75. The van der Waals surface area contributed by atoms with Crippen LogP contribution >= 0.6 is 0 Å². The van der Waals surface area contributed by atoms with Gasteiger partial charge in [0.25, 0.3) is 0 Å². The van der Waals surface area contributed by atoms with Crippen LogP contribution in [-0.4, -0.2) is 35.2 Å². The third-order valence-corrected chi connectivity index (χ3v) is 6.27. The zero-order valence-corrected chi connectivity index (χ0v) is 18.5. The van der Waals surface area contributed by atoms with Crippen molar-refractivity contribution in [2.45, 2.75) is 32.7 Å². The zero-order valence-electron chi connectivity index (χ0n) is 18.5. The van der Waals surface area contributed by atoms with Gasteiger partial charge in [0.05, 0.1) is 0 Å². The van der Waals surface area contributed by atoms with Gasteiger partial charge in [0.2, 0.25) is 0 Å². The number of carboxylic acids is 1. The van der Waals surface area contributed by atoms with Gasteiger partial charge in [0, 0.05) is 12.5 Å². The lowest BCUT2D eigenvalue weighted by Gasteiger charge is -2.30. The van der Waals surface area contributed by atoms with Crippen LogP contribution in [0.15, 0.2) is 66.7 Å². The molecule has 1 atom stereocenters. The Bertz CT molecular complexity index is 1100. The number of nitrogens with zero attached hydrogens (tertiary/aromatic N) is 1. The van der Waals surface area contributed by atoms with Gasteiger partial charge in [-0.25, -0.2) is 9.59 Å². The van der Waals surface area contributed by atoms with Gasteiger partial charge in [-0.1, -0.05) is 66.7 Å². The molecule has 0 saturated carbocycles. The normalized spacial score (nSPS) is 13.2. The van der Waals surface area contributed by atoms with Crippen molar-refractivity contribution in [2.24, 2.45) is 0 Å². The van der Waals surface area contributed by atoms with Crippen molar-refractivity contribution in [1.82, 2.24) is 4.90 Å². The Hall–Kier alpha value is -3.60. The lowest BCUT2D eigenvalue weighted by atomic mass is 9.95. The van der Waals surface area contributed by atoms with Gasteiger partial charge in [0.1, 0.15) is 6.61 Å². The van der Waals surface area contributed by atoms with Crippen molar-refractivity contribution in [3.05, 3.63) is 94.5 Å². The molecule has 164 valence electrons. The molecule has 1 N–H and O–H groups in total. The number of likely N-dealkylation sites (N-methyl/N-ethyl adjacent to an activating group) is 1. The summed E-state index contributed by atoms with van der Waals surface area (Å²) in [5.41, 5.74) is 6.84. The molecule has 0 heterocycles. The molecule has 0 spiro atoms. The number of benzene rings is 3. The van der Waals surface area contributed by atoms with Gasteiger partial charge < -0.3 is 9.84 Å². The molecule has 1 unspecified atom stereocenters. The van der Waals surface area contributed by atoms with Gasteiger partial charge in [-0.2, -0.15) is 0 Å². The van der Waals surface area contributed by atoms with Crippen LogP contribution in [0.3, 0.4) is 0 Å². The molecule has 3 aromatic rings. The molecule has 1 aliphatic carbocycles. The van der Waals surface area contributed by atoms with E-state index in [9.17, 15) is 14.7 Å². The highest BCUT2D eigenvalue weighted by Crippen LogP contribution is 2.44. The minimum atomic E-state index is -1.10. The van der Waals surface area contributed by atoms with E-state index >= 15 is 0 Å². The molecule has 1 amide bonds. The molecular weight excluding hydrogens is 402 g/mol. The Labute approximate surface area is 188 Å². The Morgan fingerprint density at radius 1 is 0.906 bits per heavy atom. The summed E-state index contributed by atoms with van der Waals surface area (Å²) in [5.74, 6) is -1.15. The van der Waals surface area contributed by atoms with Crippen LogP contribution in [0.25, 0.3) is 11.1 Å². The Balaban J connectivity index is 1.60. The fraction of sp³-hybridized carbons (Fsp3) is 0.259. The first-order valence-corrected chi connectivity index (χ1v) is 10.8. The number of carbonyl (C=O) groups is 2. The van der Waals surface area contributed by atoms with Crippen LogP contribution in [-0.2, 0) is 9.53 Å². The van der Waals surface area contributed by atoms with Crippen LogP contribution in [0.2, 0.25) is 0 Å². The van der Waals surface area contributed by atoms with Crippen molar-refractivity contribution in [1.29, 1.82) is 0 Å². The Morgan fingerprint density at radius 3 is 1.94 bits per heavy atom. The maximum atomic E-state index is 13.1. The van der Waals surface area contributed by atoms with Gasteiger partial charge in [-0.15, -0.1) is 0 Å². The van der Waals surface area contributed by atoms with Crippen molar-refractivity contribution < 1.29 is 19.4 Å². The lowest BCUT2D eigenvalue weighted by molar-refractivity contribution is -0.143. The summed E-state index contributed by atoms with van der Waals surface area (Å²) >= 11 is 0. The maximum Gasteiger partial charge on any atom is 0.410 e. The zero-order chi connectivity index (χ0) is 22.8. The number of aliphatic carboxylic acids is 1. The SMILES string of the molecule is CCN(C(=O)OCC1c2ccccc2-c2ccccc21)C(C(=O)O)c1c(C)cccc1C. The van der Waals surface area contributed by atoms with Crippen LogP contribution in [0.4, 0.5) is 4.79 Å². The van der Waals surface area contributed by atoms with Gasteiger partial charge in [-0.05, 0) is 59.7 Å². The van der Waals surface area contributed by atoms with Crippen LogP contribution in [0.5, 0.6) is 0 Å². The number of hydrogen-bond donors (Lipinski definition) is 1. The highest BCUT2D eigenvalue weighted by molar-refractivity contribution is 5.83. The lowest BCUT2D eigenvalue weighted by Crippen LogP contribution is -2.40. The summed E-state index contributed by atoms with van der Waals surface area (Å²) in [4.78, 5) is 26.7. The number of hydrogen-bond acceptors (Lipinski definition) is 3. The molecule has 1 aliphatic rings. The molecule has 0 aliphatic heterocycles. The number of amides is 1. The Morgan fingerprint density at radius 2 is 1.44 bits per heavy atom. The average Bonchev–Trinajstić information content (AvgIpc) is 3.10. The van der Waals surface area contributed by atoms with Crippen LogP contribution in [0.1, 0.15) is 46.7 Å². The first-order valence-electron chi connectivity index (χ1n) is 10.8. The van der Waals surface area contributed by atoms with E-state index < -0.39 is 18.1 Å². The molecule has 0 bridgehead atoms. The van der Waals surface area contributed by atoms with E-state index in [1.807, 2.05) is 56.3 Å². The summed E-state index contributed by atoms with van der Waals surface area (Å²) in [6.45, 7) is 5.88. The quantitative estimate of drug-likeness (QED) is 0.546. The molecule has 4 rings (SSSR count). The van der Waals surface area contributed by atoms with E-state index in [4.69, 9.17) is 4.74 Å². The molecule has 0 aromatic heterocycles. The summed E-state index contributed by atoms with van der Waals surface area (Å²) in [5, 5.41) is 10.0. The topological polar surface area (TPSA) is 66.8 Å². The second-order valence-electron chi connectivity index (χ2n) is 8.14. The number of carbonyl (C=O) groups excluding carboxylic acids is 1. The number of ether oxygens (including phenoxy) is 1. The van der Waals surface area contributed by atoms with E-state index in [2.05, 4.69) is 24.3 Å². The first kappa shape index (κ1) is 21.6. The number of aryl methyl sites for hydroxylation is 2.